The zero-order valence-electron chi connectivity index (χ0n) is 13.0. The topological polar surface area (TPSA) is 41.6 Å². The van der Waals surface area contributed by atoms with Crippen LogP contribution in [-0.4, -0.2) is 38.1 Å². The first kappa shape index (κ1) is 15.3. The molecule has 0 aromatic heterocycles. The molecule has 2 aromatic rings. The van der Waals surface area contributed by atoms with Crippen molar-refractivity contribution in [3.63, 3.8) is 0 Å². The molecule has 1 amide bonds. The molecule has 0 aliphatic rings. The molecule has 0 fully saturated rings. The lowest BCUT2D eigenvalue weighted by molar-refractivity contribution is -0.125. The van der Waals surface area contributed by atoms with Gasteiger partial charge in [0.1, 0.15) is 5.75 Å². The van der Waals surface area contributed by atoms with E-state index in [4.69, 9.17) is 4.74 Å². The number of nitrogens with zero attached hydrogens (tertiary/aromatic N) is 1. The molecule has 0 radical (unpaired) electrons. The van der Waals surface area contributed by atoms with Crippen LogP contribution in [0.3, 0.4) is 0 Å². The summed E-state index contributed by atoms with van der Waals surface area (Å²) in [5.74, 6) is 0.892. The highest BCUT2D eigenvalue weighted by Crippen LogP contribution is 2.22. The molecule has 2 aromatic carbocycles. The second-order valence-corrected chi connectivity index (χ2v) is 5.25. The fourth-order valence-electron chi connectivity index (χ4n) is 2.33. The van der Waals surface area contributed by atoms with Gasteiger partial charge in [-0.1, -0.05) is 18.2 Å². The summed E-state index contributed by atoms with van der Waals surface area (Å²) in [5.41, 5.74) is 1.19. The van der Waals surface area contributed by atoms with Crippen molar-refractivity contribution in [3.05, 3.63) is 42.0 Å². The molecule has 1 atom stereocenters. The van der Waals surface area contributed by atoms with Crippen LogP contribution in [0.4, 0.5) is 0 Å². The van der Waals surface area contributed by atoms with E-state index in [1.54, 1.807) is 14.2 Å². The lowest BCUT2D eigenvalue weighted by Crippen LogP contribution is -2.41. The van der Waals surface area contributed by atoms with Crippen LogP contribution in [0.2, 0.25) is 0 Å². The second kappa shape index (κ2) is 6.59. The van der Waals surface area contributed by atoms with E-state index in [-0.39, 0.29) is 11.9 Å². The van der Waals surface area contributed by atoms with E-state index in [2.05, 4.69) is 29.6 Å². The zero-order chi connectivity index (χ0) is 15.4. The number of fused-ring (bicyclic) bond motifs is 1. The van der Waals surface area contributed by atoms with Crippen LogP contribution in [0, 0.1) is 0 Å². The molecule has 0 unspecified atom stereocenters. The quantitative estimate of drug-likeness (QED) is 0.918. The predicted octanol–water partition coefficient (Wildman–Crippen LogP) is 2.41. The Morgan fingerprint density at radius 3 is 2.57 bits per heavy atom. The lowest BCUT2D eigenvalue weighted by Gasteiger charge is -2.23. The van der Waals surface area contributed by atoms with Gasteiger partial charge in [0, 0.05) is 13.6 Å². The van der Waals surface area contributed by atoms with Crippen molar-refractivity contribution in [1.29, 1.82) is 0 Å². The molecule has 1 N–H and O–H groups in total. The van der Waals surface area contributed by atoms with Crippen LogP contribution in [0.25, 0.3) is 10.8 Å². The number of nitrogens with one attached hydrogen (secondary N) is 1. The van der Waals surface area contributed by atoms with Crippen molar-refractivity contribution in [1.82, 2.24) is 10.2 Å². The van der Waals surface area contributed by atoms with Crippen LogP contribution < -0.4 is 10.1 Å². The number of likely N-dealkylation sites (N-methyl/N-ethyl adjacent to an activating group) is 2. The molecule has 4 nitrogen and oxygen atoms in total. The van der Waals surface area contributed by atoms with E-state index in [0.717, 1.165) is 17.7 Å². The Kier molecular flexibility index (Phi) is 4.81. The van der Waals surface area contributed by atoms with Gasteiger partial charge in [-0.2, -0.15) is 0 Å². The second-order valence-electron chi connectivity index (χ2n) is 5.25. The number of ether oxygens (including phenoxy) is 1. The minimum atomic E-state index is -0.151. The molecule has 0 bridgehead atoms. The van der Waals surface area contributed by atoms with Crippen molar-refractivity contribution in [2.24, 2.45) is 0 Å². The minimum Gasteiger partial charge on any atom is -0.497 e. The van der Waals surface area contributed by atoms with Crippen LogP contribution in [0.1, 0.15) is 12.5 Å². The zero-order valence-corrected chi connectivity index (χ0v) is 13.0. The Bertz CT molecular complexity index is 640. The third-order valence-corrected chi connectivity index (χ3v) is 3.83. The first-order valence-electron chi connectivity index (χ1n) is 7.03. The smallest absolute Gasteiger partial charge is 0.236 e. The molecule has 0 heterocycles. The van der Waals surface area contributed by atoms with Gasteiger partial charge in [-0.3, -0.25) is 9.69 Å². The summed E-state index contributed by atoms with van der Waals surface area (Å²) >= 11 is 0. The summed E-state index contributed by atoms with van der Waals surface area (Å²) in [4.78, 5) is 13.7. The number of carbonyl (C=O) groups is 1. The van der Waals surface area contributed by atoms with Gasteiger partial charge in [-0.15, -0.1) is 0 Å². The Balaban J connectivity index is 2.17. The highest BCUT2D eigenvalue weighted by atomic mass is 16.5. The number of rotatable bonds is 5. The fraction of sp³-hybridized carbons (Fsp3) is 0.353. The molecule has 0 spiro atoms. The van der Waals surface area contributed by atoms with E-state index in [0.29, 0.717) is 0 Å². The summed E-state index contributed by atoms with van der Waals surface area (Å²) < 4.78 is 5.23. The fourth-order valence-corrected chi connectivity index (χ4v) is 2.33. The normalized spacial score (nSPS) is 12.4. The maximum Gasteiger partial charge on any atom is 0.236 e. The molecule has 112 valence electrons. The Morgan fingerprint density at radius 1 is 1.24 bits per heavy atom. The van der Waals surface area contributed by atoms with Gasteiger partial charge in [0.25, 0.3) is 0 Å². The van der Waals surface area contributed by atoms with Gasteiger partial charge in [-0.05, 0) is 48.5 Å². The monoisotopic (exact) mass is 286 g/mol. The van der Waals surface area contributed by atoms with Gasteiger partial charge >= 0.3 is 0 Å². The van der Waals surface area contributed by atoms with Gasteiger partial charge < -0.3 is 10.1 Å². The SMILES string of the molecule is CNC(=O)[C@H](C)N(C)Cc1ccc2cc(OC)ccc2c1. The molecule has 0 saturated heterocycles. The molecular weight excluding hydrogens is 264 g/mol. The van der Waals surface area contributed by atoms with Crippen LogP contribution >= 0.6 is 0 Å². The van der Waals surface area contributed by atoms with Crippen molar-refractivity contribution >= 4 is 16.7 Å². The first-order valence-corrected chi connectivity index (χ1v) is 7.03. The number of hydrogen-bond donors (Lipinski definition) is 1. The first-order chi connectivity index (χ1) is 10.0. The van der Waals surface area contributed by atoms with E-state index in [1.807, 2.05) is 31.0 Å². The average molecular weight is 286 g/mol. The van der Waals surface area contributed by atoms with Crippen LogP contribution in [-0.2, 0) is 11.3 Å². The van der Waals surface area contributed by atoms with E-state index < -0.39 is 0 Å². The molecule has 0 saturated carbocycles. The van der Waals surface area contributed by atoms with E-state index >= 15 is 0 Å². The predicted molar refractivity (Wildman–Crippen MR) is 85.5 cm³/mol. The molecule has 0 aliphatic carbocycles. The van der Waals surface area contributed by atoms with Gasteiger partial charge in [0.2, 0.25) is 5.91 Å². The van der Waals surface area contributed by atoms with Crippen LogP contribution in [0.5, 0.6) is 5.75 Å². The standard InChI is InChI=1S/C17H22N2O2/c1-12(17(20)18-2)19(3)11-13-5-6-15-10-16(21-4)8-7-14(15)9-13/h5-10,12H,11H2,1-4H3,(H,18,20)/t12-/m0/s1. The number of methoxy groups -OCH3 is 1. The lowest BCUT2D eigenvalue weighted by atomic mass is 10.1. The number of amides is 1. The highest BCUT2D eigenvalue weighted by Gasteiger charge is 2.16. The molecule has 4 heteroatoms. The van der Waals surface area contributed by atoms with E-state index in [1.165, 1.54) is 10.9 Å². The number of hydrogen-bond acceptors (Lipinski definition) is 3. The third-order valence-electron chi connectivity index (χ3n) is 3.83. The summed E-state index contributed by atoms with van der Waals surface area (Å²) in [6.45, 7) is 2.64. The third kappa shape index (κ3) is 3.52. The maximum absolute atomic E-state index is 11.7. The Labute approximate surface area is 125 Å². The summed E-state index contributed by atoms with van der Waals surface area (Å²) in [6.07, 6.45) is 0. The van der Waals surface area contributed by atoms with Crippen molar-refractivity contribution in [3.8, 4) is 5.75 Å². The van der Waals surface area contributed by atoms with Gasteiger partial charge in [0.15, 0.2) is 0 Å². The van der Waals surface area contributed by atoms with E-state index in [9.17, 15) is 4.79 Å². The molecule has 2 rings (SSSR count). The summed E-state index contributed by atoms with van der Waals surface area (Å²) in [7, 11) is 5.29. The average Bonchev–Trinajstić information content (AvgIpc) is 2.52. The van der Waals surface area contributed by atoms with Gasteiger partial charge in [-0.25, -0.2) is 0 Å². The minimum absolute atomic E-state index is 0.0306. The summed E-state index contributed by atoms with van der Waals surface area (Å²) in [5, 5.41) is 5.01. The van der Waals surface area contributed by atoms with Crippen LogP contribution in [0.15, 0.2) is 36.4 Å². The van der Waals surface area contributed by atoms with Crippen molar-refractivity contribution in [2.45, 2.75) is 19.5 Å². The van der Waals surface area contributed by atoms with Crippen molar-refractivity contribution in [2.75, 3.05) is 21.2 Å². The Hall–Kier alpha value is -2.07. The maximum atomic E-state index is 11.7. The molecular formula is C17H22N2O2. The molecule has 0 aliphatic heterocycles. The highest BCUT2D eigenvalue weighted by molar-refractivity contribution is 5.84. The summed E-state index contributed by atoms with van der Waals surface area (Å²) in [6, 6.07) is 12.2. The molecule has 21 heavy (non-hydrogen) atoms. The largest absolute Gasteiger partial charge is 0.497 e. The Morgan fingerprint density at radius 2 is 1.90 bits per heavy atom. The number of benzene rings is 2. The van der Waals surface area contributed by atoms with Gasteiger partial charge in [0.05, 0.1) is 13.2 Å². The number of carbonyl (C=O) groups excluding carboxylic acids is 1. The van der Waals surface area contributed by atoms with Crippen molar-refractivity contribution < 1.29 is 9.53 Å².